The fraction of sp³-hybridized carbons (Fsp3) is 0.765. The van der Waals surface area contributed by atoms with E-state index in [0.29, 0.717) is 38.0 Å². The van der Waals surface area contributed by atoms with E-state index in [0.717, 1.165) is 37.5 Å². The number of aromatic nitrogens is 3. The van der Waals surface area contributed by atoms with Crippen LogP contribution in [0.4, 0.5) is 0 Å². The molecule has 4 rings (SSSR count). The van der Waals surface area contributed by atoms with Crippen LogP contribution in [0.25, 0.3) is 0 Å². The van der Waals surface area contributed by atoms with E-state index in [1.54, 1.807) is 0 Å². The molecule has 1 atom stereocenters. The maximum absolute atomic E-state index is 12.9. The predicted octanol–water partition coefficient (Wildman–Crippen LogP) is 0.797. The van der Waals surface area contributed by atoms with E-state index >= 15 is 0 Å². The lowest BCUT2D eigenvalue weighted by atomic mass is 10.1. The number of carbonyl (C=O) groups is 2. The maximum atomic E-state index is 12.9. The molecule has 0 spiro atoms. The highest BCUT2D eigenvalue weighted by Gasteiger charge is 2.43. The Hall–Kier alpha value is -1.92. The number of likely N-dealkylation sites (tertiary alicyclic amines) is 1. The van der Waals surface area contributed by atoms with Crippen LogP contribution >= 0.6 is 0 Å². The molecule has 7 heteroatoms. The molecule has 2 fully saturated rings. The van der Waals surface area contributed by atoms with Gasteiger partial charge < -0.3 is 14.4 Å². The van der Waals surface area contributed by atoms with Gasteiger partial charge in [0.25, 0.3) is 0 Å². The SMILES string of the molecule is CC(C)c1nnc2n1CCN(C(=O)C1CC(=O)N(C3CC3)C1)CC2. The van der Waals surface area contributed by atoms with Gasteiger partial charge in [-0.1, -0.05) is 13.8 Å². The summed E-state index contributed by atoms with van der Waals surface area (Å²) >= 11 is 0. The highest BCUT2D eigenvalue weighted by atomic mass is 16.2. The van der Waals surface area contributed by atoms with Crippen LogP contribution in [-0.4, -0.2) is 62.1 Å². The van der Waals surface area contributed by atoms with Crippen LogP contribution in [0.5, 0.6) is 0 Å². The molecule has 0 bridgehead atoms. The van der Waals surface area contributed by atoms with Gasteiger partial charge in [0.05, 0.1) is 5.92 Å². The van der Waals surface area contributed by atoms with Crippen molar-refractivity contribution in [3.8, 4) is 0 Å². The van der Waals surface area contributed by atoms with E-state index in [1.807, 2.05) is 9.80 Å². The fourth-order valence-corrected chi connectivity index (χ4v) is 3.89. The van der Waals surface area contributed by atoms with Crippen LogP contribution in [0, 0.1) is 5.92 Å². The maximum Gasteiger partial charge on any atom is 0.228 e. The minimum Gasteiger partial charge on any atom is -0.340 e. The summed E-state index contributed by atoms with van der Waals surface area (Å²) in [6.07, 6.45) is 3.32. The van der Waals surface area contributed by atoms with Crippen LogP contribution < -0.4 is 0 Å². The number of rotatable bonds is 3. The van der Waals surface area contributed by atoms with E-state index in [4.69, 9.17) is 0 Å². The molecule has 1 aromatic rings. The topological polar surface area (TPSA) is 71.3 Å². The van der Waals surface area contributed by atoms with Crippen molar-refractivity contribution in [2.45, 2.75) is 58.0 Å². The lowest BCUT2D eigenvalue weighted by molar-refractivity contribution is -0.135. The highest BCUT2D eigenvalue weighted by molar-refractivity contribution is 5.89. The third-order valence-corrected chi connectivity index (χ3v) is 5.38. The van der Waals surface area contributed by atoms with Gasteiger partial charge in [0.2, 0.25) is 11.8 Å². The van der Waals surface area contributed by atoms with Crippen molar-refractivity contribution in [1.82, 2.24) is 24.6 Å². The molecule has 0 N–H and O–H groups in total. The minimum absolute atomic E-state index is 0.135. The Morgan fingerprint density at radius 1 is 1.17 bits per heavy atom. The van der Waals surface area contributed by atoms with Crippen LogP contribution in [-0.2, 0) is 22.6 Å². The van der Waals surface area contributed by atoms with Crippen molar-refractivity contribution < 1.29 is 9.59 Å². The Kier molecular flexibility index (Phi) is 3.81. The van der Waals surface area contributed by atoms with Crippen molar-refractivity contribution >= 4 is 11.8 Å². The summed E-state index contributed by atoms with van der Waals surface area (Å²) in [5.74, 6) is 2.42. The first kappa shape index (κ1) is 15.6. The predicted molar refractivity (Wildman–Crippen MR) is 87.2 cm³/mol. The van der Waals surface area contributed by atoms with Gasteiger partial charge in [-0.2, -0.15) is 0 Å². The molecule has 0 aromatic carbocycles. The molecule has 1 saturated carbocycles. The molecule has 2 aliphatic heterocycles. The average molecular weight is 331 g/mol. The van der Waals surface area contributed by atoms with Gasteiger partial charge in [0.15, 0.2) is 0 Å². The molecular formula is C17H25N5O2. The van der Waals surface area contributed by atoms with Crippen molar-refractivity contribution in [1.29, 1.82) is 0 Å². The van der Waals surface area contributed by atoms with Crippen LogP contribution in [0.3, 0.4) is 0 Å². The second-order valence-electron chi connectivity index (χ2n) is 7.53. The zero-order valence-electron chi connectivity index (χ0n) is 14.4. The summed E-state index contributed by atoms with van der Waals surface area (Å²) in [5, 5.41) is 8.59. The molecule has 2 amide bonds. The standard InChI is InChI=1S/C17H25N5O2/c1-11(2)16-19-18-14-5-6-20(7-8-21(14)16)17(24)12-9-15(23)22(10-12)13-3-4-13/h11-13H,3-10H2,1-2H3. The Morgan fingerprint density at radius 3 is 2.67 bits per heavy atom. The summed E-state index contributed by atoms with van der Waals surface area (Å²) < 4.78 is 2.16. The quantitative estimate of drug-likeness (QED) is 0.821. The molecule has 7 nitrogen and oxygen atoms in total. The van der Waals surface area contributed by atoms with Gasteiger partial charge >= 0.3 is 0 Å². The molecule has 1 aromatic heterocycles. The van der Waals surface area contributed by atoms with Gasteiger partial charge in [-0.3, -0.25) is 9.59 Å². The van der Waals surface area contributed by atoms with Gasteiger partial charge in [0, 0.05) is 51.0 Å². The fourth-order valence-electron chi connectivity index (χ4n) is 3.89. The second kappa shape index (κ2) is 5.86. The van der Waals surface area contributed by atoms with Gasteiger partial charge in [-0.25, -0.2) is 0 Å². The molecule has 24 heavy (non-hydrogen) atoms. The Bertz CT molecular complexity index is 664. The van der Waals surface area contributed by atoms with Crippen LogP contribution in [0.2, 0.25) is 0 Å². The second-order valence-corrected chi connectivity index (χ2v) is 7.53. The zero-order valence-corrected chi connectivity index (χ0v) is 14.4. The first-order valence-electron chi connectivity index (χ1n) is 9.05. The number of carbonyl (C=O) groups excluding carboxylic acids is 2. The lowest BCUT2D eigenvalue weighted by Crippen LogP contribution is -2.39. The lowest BCUT2D eigenvalue weighted by Gasteiger charge is -2.24. The van der Waals surface area contributed by atoms with Gasteiger partial charge in [-0.15, -0.1) is 10.2 Å². The molecule has 1 aliphatic carbocycles. The zero-order chi connectivity index (χ0) is 16.8. The average Bonchev–Trinajstić information content (AvgIpc) is 3.25. The molecule has 0 radical (unpaired) electrons. The largest absolute Gasteiger partial charge is 0.340 e. The molecule has 1 unspecified atom stereocenters. The number of fused-ring (bicyclic) bond motifs is 1. The minimum atomic E-state index is -0.161. The van der Waals surface area contributed by atoms with Crippen molar-refractivity contribution in [2.24, 2.45) is 5.92 Å². The number of hydrogen-bond acceptors (Lipinski definition) is 4. The van der Waals surface area contributed by atoms with Gasteiger partial charge in [0.1, 0.15) is 11.6 Å². The van der Waals surface area contributed by atoms with E-state index in [9.17, 15) is 9.59 Å². The third kappa shape index (κ3) is 2.70. The molecule has 1 saturated heterocycles. The van der Waals surface area contributed by atoms with E-state index in [-0.39, 0.29) is 17.7 Å². The number of amides is 2. The Morgan fingerprint density at radius 2 is 1.96 bits per heavy atom. The molecule has 3 heterocycles. The summed E-state index contributed by atoms with van der Waals surface area (Å²) in [6.45, 7) is 6.93. The Labute approximate surface area is 142 Å². The van der Waals surface area contributed by atoms with E-state index < -0.39 is 0 Å². The number of nitrogens with zero attached hydrogens (tertiary/aromatic N) is 5. The van der Waals surface area contributed by atoms with Crippen molar-refractivity contribution in [3.05, 3.63) is 11.6 Å². The number of hydrogen-bond donors (Lipinski definition) is 0. The third-order valence-electron chi connectivity index (χ3n) is 5.38. The first-order chi connectivity index (χ1) is 11.5. The monoisotopic (exact) mass is 331 g/mol. The smallest absolute Gasteiger partial charge is 0.228 e. The normalized spacial score (nSPS) is 24.5. The van der Waals surface area contributed by atoms with E-state index in [1.165, 1.54) is 0 Å². The molecule has 3 aliphatic rings. The van der Waals surface area contributed by atoms with Crippen molar-refractivity contribution in [3.63, 3.8) is 0 Å². The van der Waals surface area contributed by atoms with Crippen LogP contribution in [0.1, 0.15) is 50.7 Å². The molecular weight excluding hydrogens is 306 g/mol. The summed E-state index contributed by atoms with van der Waals surface area (Å²) in [7, 11) is 0. The first-order valence-corrected chi connectivity index (χ1v) is 9.05. The molecule has 130 valence electrons. The Balaban J connectivity index is 1.43. The summed E-state index contributed by atoms with van der Waals surface area (Å²) in [4.78, 5) is 28.8. The van der Waals surface area contributed by atoms with Crippen LogP contribution in [0.15, 0.2) is 0 Å². The van der Waals surface area contributed by atoms with E-state index in [2.05, 4.69) is 28.6 Å². The summed E-state index contributed by atoms with van der Waals surface area (Å²) in [5.41, 5.74) is 0. The van der Waals surface area contributed by atoms with Crippen molar-refractivity contribution in [2.75, 3.05) is 19.6 Å². The van der Waals surface area contributed by atoms with Gasteiger partial charge in [-0.05, 0) is 12.8 Å². The summed E-state index contributed by atoms with van der Waals surface area (Å²) in [6, 6.07) is 0.407. The highest BCUT2D eigenvalue weighted by Crippen LogP contribution is 2.33.